The normalized spacial score (nSPS) is 18.5. The van der Waals surface area contributed by atoms with E-state index in [4.69, 9.17) is 16.3 Å². The second-order valence-corrected chi connectivity index (χ2v) is 8.03. The minimum Gasteiger partial charge on any atom is -0.463 e. The van der Waals surface area contributed by atoms with Crippen LogP contribution in [0.3, 0.4) is 0 Å². The van der Waals surface area contributed by atoms with Crippen LogP contribution in [0.1, 0.15) is 24.8 Å². The molecule has 1 aromatic carbocycles. The molecule has 1 aliphatic heterocycles. The Bertz CT molecular complexity index is 1050. The van der Waals surface area contributed by atoms with E-state index in [-0.39, 0.29) is 19.0 Å². The Balaban J connectivity index is 1.54. The van der Waals surface area contributed by atoms with Crippen LogP contribution < -0.4 is 9.64 Å². The number of benzene rings is 1. The van der Waals surface area contributed by atoms with Crippen LogP contribution in [0.5, 0.6) is 6.01 Å². The van der Waals surface area contributed by atoms with Crippen molar-refractivity contribution in [3.63, 3.8) is 0 Å². The van der Waals surface area contributed by atoms with Gasteiger partial charge in [0, 0.05) is 18.0 Å². The minimum absolute atomic E-state index is 0.164. The van der Waals surface area contributed by atoms with Gasteiger partial charge < -0.3 is 9.64 Å². The summed E-state index contributed by atoms with van der Waals surface area (Å²) in [6.45, 7) is 0.662. The fraction of sp³-hybridized carbons (Fsp3) is 0.474. The van der Waals surface area contributed by atoms with Crippen LogP contribution in [0.15, 0.2) is 24.3 Å². The van der Waals surface area contributed by atoms with Crippen molar-refractivity contribution in [1.82, 2.24) is 25.0 Å². The van der Waals surface area contributed by atoms with Gasteiger partial charge in [0.05, 0.1) is 19.7 Å². The summed E-state index contributed by atoms with van der Waals surface area (Å²) in [6.07, 6.45) is 2.03. The summed E-state index contributed by atoms with van der Waals surface area (Å²) < 4.78 is 35.0. The summed E-state index contributed by atoms with van der Waals surface area (Å²) in [5, 5.41) is 8.98. The summed E-state index contributed by atoms with van der Waals surface area (Å²) >= 11 is 6.27. The molecule has 0 spiro atoms. The van der Waals surface area contributed by atoms with Gasteiger partial charge in [-0.2, -0.15) is 9.97 Å². The fourth-order valence-electron chi connectivity index (χ4n) is 3.40. The second kappa shape index (κ2) is 7.05. The highest BCUT2D eigenvalue weighted by Crippen LogP contribution is 2.34. The first-order valence-electron chi connectivity index (χ1n) is 9.59. The molecular weight excluding hydrogens is 402 g/mol. The molecule has 0 atom stereocenters. The molecule has 10 heteroatoms. The number of aromatic nitrogens is 5. The summed E-state index contributed by atoms with van der Waals surface area (Å²) in [6, 6.07) is 7.59. The minimum atomic E-state index is -2.75. The predicted octanol–water partition coefficient (Wildman–Crippen LogP) is 3.56. The zero-order valence-corrected chi connectivity index (χ0v) is 16.3. The Kier molecular flexibility index (Phi) is 4.49. The molecule has 1 saturated heterocycles. The van der Waals surface area contributed by atoms with Crippen LogP contribution in [0.4, 0.5) is 14.6 Å². The number of fused-ring (bicyclic) bond motifs is 1. The van der Waals surface area contributed by atoms with Gasteiger partial charge in [-0.05, 0) is 30.4 Å². The zero-order chi connectivity index (χ0) is 20.0. The molecule has 0 N–H and O–H groups in total. The number of halogens is 3. The average molecular weight is 421 g/mol. The molecule has 29 heavy (non-hydrogen) atoms. The summed E-state index contributed by atoms with van der Waals surface area (Å²) in [7, 11) is 0. The Morgan fingerprint density at radius 2 is 2.03 bits per heavy atom. The second-order valence-electron chi connectivity index (χ2n) is 7.62. The number of alkyl halides is 2. The van der Waals surface area contributed by atoms with E-state index < -0.39 is 12.5 Å². The third-order valence-corrected chi connectivity index (χ3v) is 5.58. The summed E-state index contributed by atoms with van der Waals surface area (Å²) in [5.74, 6) is -1.90. The molecule has 2 fully saturated rings. The van der Waals surface area contributed by atoms with E-state index in [1.807, 2.05) is 18.2 Å². The Morgan fingerprint density at radius 3 is 2.76 bits per heavy atom. The van der Waals surface area contributed by atoms with Crippen molar-refractivity contribution in [2.75, 3.05) is 24.6 Å². The first-order chi connectivity index (χ1) is 14.0. The Hall–Kier alpha value is -2.55. The Morgan fingerprint density at radius 1 is 1.21 bits per heavy atom. The predicted molar refractivity (Wildman–Crippen MR) is 104 cm³/mol. The quantitative estimate of drug-likeness (QED) is 0.607. The molecule has 3 heterocycles. The SMILES string of the molecule is FC1(F)CCN(c2nc(OCC3CC3)nc3c2nnn3Cc2ccccc2Cl)C1. The molecular formula is C19H19ClF2N6O. The van der Waals surface area contributed by atoms with Crippen molar-refractivity contribution in [3.05, 3.63) is 34.9 Å². The smallest absolute Gasteiger partial charge is 0.320 e. The number of hydrogen-bond donors (Lipinski definition) is 0. The van der Waals surface area contributed by atoms with Crippen LogP contribution >= 0.6 is 11.6 Å². The molecule has 0 amide bonds. The van der Waals surface area contributed by atoms with Crippen molar-refractivity contribution in [1.29, 1.82) is 0 Å². The highest BCUT2D eigenvalue weighted by molar-refractivity contribution is 6.31. The zero-order valence-electron chi connectivity index (χ0n) is 15.6. The lowest BCUT2D eigenvalue weighted by atomic mass is 10.2. The van der Waals surface area contributed by atoms with Crippen LogP contribution in [-0.2, 0) is 6.54 Å². The number of ether oxygens (including phenoxy) is 1. The van der Waals surface area contributed by atoms with Gasteiger partial charge in [0.1, 0.15) is 0 Å². The van der Waals surface area contributed by atoms with Crippen molar-refractivity contribution in [2.45, 2.75) is 31.7 Å². The van der Waals surface area contributed by atoms with Gasteiger partial charge >= 0.3 is 6.01 Å². The third-order valence-electron chi connectivity index (χ3n) is 5.22. The molecule has 152 valence electrons. The van der Waals surface area contributed by atoms with Crippen molar-refractivity contribution < 1.29 is 13.5 Å². The van der Waals surface area contributed by atoms with E-state index in [0.29, 0.717) is 41.1 Å². The van der Waals surface area contributed by atoms with Gasteiger partial charge in [0.15, 0.2) is 17.0 Å². The van der Waals surface area contributed by atoms with Crippen LogP contribution in [-0.4, -0.2) is 50.6 Å². The van der Waals surface area contributed by atoms with E-state index in [2.05, 4.69) is 20.3 Å². The highest BCUT2D eigenvalue weighted by atomic mass is 35.5. The van der Waals surface area contributed by atoms with Crippen LogP contribution in [0, 0.1) is 5.92 Å². The largest absolute Gasteiger partial charge is 0.463 e. The average Bonchev–Trinajstić information content (AvgIpc) is 3.34. The fourth-order valence-corrected chi connectivity index (χ4v) is 3.59. The van der Waals surface area contributed by atoms with Crippen LogP contribution in [0.2, 0.25) is 5.02 Å². The highest BCUT2D eigenvalue weighted by Gasteiger charge is 2.40. The molecule has 0 radical (unpaired) electrons. The van der Waals surface area contributed by atoms with Gasteiger partial charge in [-0.15, -0.1) is 5.10 Å². The maximum absolute atomic E-state index is 13.8. The van der Waals surface area contributed by atoms with Gasteiger partial charge in [-0.1, -0.05) is 35.0 Å². The molecule has 1 aliphatic carbocycles. The molecule has 5 rings (SSSR count). The van der Waals surface area contributed by atoms with Gasteiger partial charge in [0.25, 0.3) is 5.92 Å². The third kappa shape index (κ3) is 3.83. The monoisotopic (exact) mass is 420 g/mol. The summed E-state index contributed by atoms with van der Waals surface area (Å²) in [4.78, 5) is 10.4. The standard InChI is InChI=1S/C19H19ClF2N6O/c20-14-4-2-1-3-13(14)9-28-17-15(25-26-28)16(27-8-7-19(21,22)11-27)23-18(24-17)29-10-12-5-6-12/h1-4,12H,5-11H2. The van der Waals surface area contributed by atoms with E-state index in [9.17, 15) is 8.78 Å². The molecule has 2 aliphatic rings. The first-order valence-corrected chi connectivity index (χ1v) is 9.96. The maximum Gasteiger partial charge on any atom is 0.320 e. The molecule has 0 unspecified atom stereocenters. The lowest BCUT2D eigenvalue weighted by Gasteiger charge is -2.17. The lowest BCUT2D eigenvalue weighted by Crippen LogP contribution is -2.26. The van der Waals surface area contributed by atoms with Gasteiger partial charge in [-0.25, -0.2) is 13.5 Å². The molecule has 7 nitrogen and oxygen atoms in total. The number of rotatable bonds is 6. The number of hydrogen-bond acceptors (Lipinski definition) is 6. The lowest BCUT2D eigenvalue weighted by molar-refractivity contribution is 0.0257. The molecule has 2 aromatic heterocycles. The summed E-state index contributed by atoms with van der Waals surface area (Å²) in [5.41, 5.74) is 1.68. The Labute approximate surface area is 170 Å². The molecule has 3 aromatic rings. The first kappa shape index (κ1) is 18.5. The maximum atomic E-state index is 13.8. The van der Waals surface area contributed by atoms with E-state index in [1.165, 1.54) is 4.90 Å². The topological polar surface area (TPSA) is 69.0 Å². The van der Waals surface area contributed by atoms with Crippen molar-refractivity contribution >= 4 is 28.6 Å². The van der Waals surface area contributed by atoms with Gasteiger partial charge in [-0.3, -0.25) is 0 Å². The van der Waals surface area contributed by atoms with Crippen molar-refractivity contribution in [2.24, 2.45) is 5.92 Å². The van der Waals surface area contributed by atoms with Gasteiger partial charge in [0.2, 0.25) is 0 Å². The van der Waals surface area contributed by atoms with E-state index in [0.717, 1.165) is 18.4 Å². The number of nitrogens with zero attached hydrogens (tertiary/aromatic N) is 6. The molecule has 1 saturated carbocycles. The number of anilines is 1. The van der Waals surface area contributed by atoms with E-state index >= 15 is 0 Å². The van der Waals surface area contributed by atoms with Crippen LogP contribution in [0.25, 0.3) is 11.2 Å². The van der Waals surface area contributed by atoms with Crippen molar-refractivity contribution in [3.8, 4) is 6.01 Å². The molecule has 0 bridgehead atoms. The van der Waals surface area contributed by atoms with E-state index in [1.54, 1.807) is 10.7 Å².